The number of Topliss-reactive ketones (excluding diaryl/α,β-unsaturated/α-hetero) is 1. The van der Waals surface area contributed by atoms with E-state index in [9.17, 15) is 22.8 Å². The maximum Gasteiger partial charge on any atom is 0.389 e. The molecule has 0 fully saturated rings. The van der Waals surface area contributed by atoms with E-state index in [2.05, 4.69) is 0 Å². The number of rotatable bonds is 4. The zero-order valence-electron chi connectivity index (χ0n) is 5.65. The van der Waals surface area contributed by atoms with E-state index in [1.165, 1.54) is 0 Å². The number of aldehydes is 1. The standard InChI is InChI=1S/C6H7F3O2/c7-6(8,9)3-1-2-5(11)4-10/h4H,1-3H2. The van der Waals surface area contributed by atoms with Crippen LogP contribution < -0.4 is 0 Å². The van der Waals surface area contributed by atoms with Crippen molar-refractivity contribution in [2.24, 2.45) is 0 Å². The van der Waals surface area contributed by atoms with Crippen LogP contribution >= 0.6 is 0 Å². The molecule has 0 aliphatic rings. The van der Waals surface area contributed by atoms with Crippen molar-refractivity contribution in [1.82, 2.24) is 0 Å². The van der Waals surface area contributed by atoms with Crippen molar-refractivity contribution in [2.75, 3.05) is 0 Å². The highest BCUT2D eigenvalue weighted by atomic mass is 19.4. The summed E-state index contributed by atoms with van der Waals surface area (Å²) in [6.07, 6.45) is -5.82. The number of carbonyl (C=O) groups is 2. The lowest BCUT2D eigenvalue weighted by Gasteiger charge is -2.02. The molecule has 0 amide bonds. The largest absolute Gasteiger partial charge is 0.389 e. The van der Waals surface area contributed by atoms with Crippen LogP contribution in [0.5, 0.6) is 0 Å². The molecule has 11 heavy (non-hydrogen) atoms. The molecule has 0 aromatic heterocycles. The lowest BCUT2D eigenvalue weighted by atomic mass is 10.2. The van der Waals surface area contributed by atoms with Gasteiger partial charge in [0, 0.05) is 12.8 Å². The quantitative estimate of drug-likeness (QED) is 0.470. The molecule has 0 aliphatic heterocycles. The van der Waals surface area contributed by atoms with Crippen LogP contribution in [-0.2, 0) is 9.59 Å². The molecule has 0 unspecified atom stereocenters. The van der Waals surface area contributed by atoms with Crippen molar-refractivity contribution in [2.45, 2.75) is 25.4 Å². The third-order valence-electron chi connectivity index (χ3n) is 1.01. The monoisotopic (exact) mass is 168 g/mol. The van der Waals surface area contributed by atoms with Gasteiger partial charge in [0.25, 0.3) is 0 Å². The van der Waals surface area contributed by atoms with Crippen LogP contribution in [0.4, 0.5) is 13.2 Å². The SMILES string of the molecule is O=CC(=O)CCCC(F)(F)F. The van der Waals surface area contributed by atoms with E-state index < -0.39 is 18.4 Å². The minimum atomic E-state index is -4.23. The van der Waals surface area contributed by atoms with Crippen molar-refractivity contribution >= 4 is 12.1 Å². The van der Waals surface area contributed by atoms with Crippen LogP contribution in [0.1, 0.15) is 19.3 Å². The van der Waals surface area contributed by atoms with Crippen molar-refractivity contribution in [3.8, 4) is 0 Å². The number of carbonyl (C=O) groups excluding carboxylic acids is 2. The first-order valence-corrected chi connectivity index (χ1v) is 3.00. The van der Waals surface area contributed by atoms with Crippen molar-refractivity contribution in [3.05, 3.63) is 0 Å². The van der Waals surface area contributed by atoms with Gasteiger partial charge in [-0.1, -0.05) is 0 Å². The van der Waals surface area contributed by atoms with Gasteiger partial charge in [-0.25, -0.2) is 0 Å². The molecule has 0 bridgehead atoms. The Morgan fingerprint density at radius 3 is 2.27 bits per heavy atom. The van der Waals surface area contributed by atoms with Crippen LogP contribution in [0, 0.1) is 0 Å². The topological polar surface area (TPSA) is 34.1 Å². The summed E-state index contributed by atoms with van der Waals surface area (Å²) in [4.78, 5) is 19.8. The number of halogens is 3. The molecule has 64 valence electrons. The maximum absolute atomic E-state index is 11.4. The molecule has 0 spiro atoms. The molecule has 0 radical (unpaired) electrons. The molecule has 5 heteroatoms. The Kier molecular flexibility index (Phi) is 3.78. The first-order chi connectivity index (χ1) is 4.95. The first-order valence-electron chi connectivity index (χ1n) is 3.00. The highest BCUT2D eigenvalue weighted by molar-refractivity contribution is 6.24. The predicted molar refractivity (Wildman–Crippen MR) is 31.0 cm³/mol. The molecule has 0 N–H and O–H groups in total. The Bertz CT molecular complexity index is 150. The zero-order valence-corrected chi connectivity index (χ0v) is 5.65. The summed E-state index contributed by atoms with van der Waals surface area (Å²) < 4.78 is 34.2. The second-order valence-corrected chi connectivity index (χ2v) is 2.05. The van der Waals surface area contributed by atoms with E-state index in [-0.39, 0.29) is 19.1 Å². The van der Waals surface area contributed by atoms with E-state index in [1.807, 2.05) is 0 Å². The normalized spacial score (nSPS) is 11.2. The summed E-state index contributed by atoms with van der Waals surface area (Å²) in [7, 11) is 0. The molecule has 0 heterocycles. The number of alkyl halides is 3. The molecular formula is C6H7F3O2. The van der Waals surface area contributed by atoms with Gasteiger partial charge < -0.3 is 0 Å². The molecule has 0 saturated carbocycles. The van der Waals surface area contributed by atoms with E-state index in [1.54, 1.807) is 0 Å². The molecule has 0 atom stereocenters. The fraction of sp³-hybridized carbons (Fsp3) is 0.667. The predicted octanol–water partition coefficient (Wildman–Crippen LogP) is 1.49. The van der Waals surface area contributed by atoms with E-state index in [0.717, 1.165) is 0 Å². The van der Waals surface area contributed by atoms with Gasteiger partial charge in [-0.3, -0.25) is 9.59 Å². The highest BCUT2D eigenvalue weighted by Crippen LogP contribution is 2.21. The molecule has 0 aromatic rings. The second-order valence-electron chi connectivity index (χ2n) is 2.05. The van der Waals surface area contributed by atoms with Gasteiger partial charge >= 0.3 is 6.18 Å². The van der Waals surface area contributed by atoms with Crippen LogP contribution in [0.3, 0.4) is 0 Å². The summed E-state index contributed by atoms with van der Waals surface area (Å²) >= 11 is 0. The zero-order chi connectivity index (χ0) is 8.91. The van der Waals surface area contributed by atoms with E-state index >= 15 is 0 Å². The average Bonchev–Trinajstić information content (AvgIpc) is 1.85. The van der Waals surface area contributed by atoms with Crippen molar-refractivity contribution in [3.63, 3.8) is 0 Å². The fourth-order valence-electron chi connectivity index (χ4n) is 0.522. The summed E-state index contributed by atoms with van der Waals surface area (Å²) in [5.74, 6) is -0.783. The van der Waals surface area contributed by atoms with Crippen LogP contribution in [0.2, 0.25) is 0 Å². The number of ketones is 1. The van der Waals surface area contributed by atoms with Crippen LogP contribution in [0.25, 0.3) is 0 Å². The van der Waals surface area contributed by atoms with Crippen LogP contribution in [-0.4, -0.2) is 18.2 Å². The third kappa shape index (κ3) is 7.02. The van der Waals surface area contributed by atoms with E-state index in [0.29, 0.717) is 0 Å². The molecule has 2 nitrogen and oxygen atoms in total. The molecular weight excluding hydrogens is 161 g/mol. The van der Waals surface area contributed by atoms with Gasteiger partial charge in [-0.05, 0) is 6.42 Å². The summed E-state index contributed by atoms with van der Waals surface area (Å²) in [5, 5.41) is 0. The van der Waals surface area contributed by atoms with Gasteiger partial charge in [0.2, 0.25) is 0 Å². The fourth-order valence-corrected chi connectivity index (χ4v) is 0.522. The Balaban J connectivity index is 3.42. The Morgan fingerprint density at radius 2 is 1.91 bits per heavy atom. The molecule has 0 aliphatic carbocycles. The smallest absolute Gasteiger partial charge is 0.295 e. The lowest BCUT2D eigenvalue weighted by Crippen LogP contribution is -2.08. The van der Waals surface area contributed by atoms with Gasteiger partial charge in [0.1, 0.15) is 0 Å². The minimum absolute atomic E-state index is 0.0381. The highest BCUT2D eigenvalue weighted by Gasteiger charge is 2.26. The third-order valence-corrected chi connectivity index (χ3v) is 1.01. The average molecular weight is 168 g/mol. The molecule has 0 saturated heterocycles. The summed E-state index contributed by atoms with van der Waals surface area (Å²) in [6, 6.07) is 0. The van der Waals surface area contributed by atoms with Crippen LogP contribution in [0.15, 0.2) is 0 Å². The van der Waals surface area contributed by atoms with E-state index in [4.69, 9.17) is 0 Å². The van der Waals surface area contributed by atoms with Gasteiger partial charge in [0.15, 0.2) is 12.1 Å². The summed E-state index contributed by atoms with van der Waals surface area (Å²) in [5.41, 5.74) is 0. The van der Waals surface area contributed by atoms with Gasteiger partial charge in [-0.2, -0.15) is 13.2 Å². The maximum atomic E-state index is 11.4. The molecule has 0 rings (SSSR count). The van der Waals surface area contributed by atoms with Crippen molar-refractivity contribution in [1.29, 1.82) is 0 Å². The minimum Gasteiger partial charge on any atom is -0.295 e. The Labute approximate surface area is 61.4 Å². The summed E-state index contributed by atoms with van der Waals surface area (Å²) in [6.45, 7) is 0. The first kappa shape index (κ1) is 10.1. The Hall–Kier alpha value is -0.870. The Morgan fingerprint density at radius 1 is 1.36 bits per heavy atom. The number of hydrogen-bond donors (Lipinski definition) is 0. The molecule has 0 aromatic carbocycles. The van der Waals surface area contributed by atoms with Crippen molar-refractivity contribution < 1.29 is 22.8 Å². The second kappa shape index (κ2) is 4.10. The van der Waals surface area contributed by atoms with Gasteiger partial charge in [-0.15, -0.1) is 0 Å². The number of hydrogen-bond acceptors (Lipinski definition) is 2. The van der Waals surface area contributed by atoms with Gasteiger partial charge in [0.05, 0.1) is 0 Å². The lowest BCUT2D eigenvalue weighted by molar-refractivity contribution is -0.138.